The van der Waals surface area contributed by atoms with E-state index in [0.717, 1.165) is 70.6 Å². The third-order valence-electron chi connectivity index (χ3n) is 10.0. The molecule has 0 rings (SSSR count). The molecule has 0 aliphatic rings. The number of unbranched alkanes of at least 4 members (excludes halogenated alkanes) is 20. The molecule has 9 nitrogen and oxygen atoms in total. The first-order chi connectivity index (χ1) is 29.8. The van der Waals surface area contributed by atoms with Crippen molar-refractivity contribution >= 4 is 19.8 Å². The summed E-state index contributed by atoms with van der Waals surface area (Å²) in [6.07, 6.45) is 58.1. The van der Waals surface area contributed by atoms with Gasteiger partial charge in [-0.15, -0.1) is 0 Å². The Morgan fingerprint density at radius 2 is 0.918 bits per heavy atom. The van der Waals surface area contributed by atoms with E-state index in [4.69, 9.17) is 24.3 Å². The van der Waals surface area contributed by atoms with Crippen molar-refractivity contribution in [2.24, 2.45) is 5.73 Å². The van der Waals surface area contributed by atoms with Gasteiger partial charge in [-0.05, 0) is 83.5 Å². The van der Waals surface area contributed by atoms with Crippen molar-refractivity contribution in [3.05, 3.63) is 72.9 Å². The maximum absolute atomic E-state index is 12.6. The van der Waals surface area contributed by atoms with Crippen molar-refractivity contribution in [2.75, 3.05) is 26.4 Å². The van der Waals surface area contributed by atoms with Crippen LogP contribution in [0.3, 0.4) is 0 Å². The van der Waals surface area contributed by atoms with E-state index in [1.165, 1.54) is 96.3 Å². The van der Waals surface area contributed by atoms with Crippen LogP contribution in [0, 0.1) is 0 Å². The summed E-state index contributed by atoms with van der Waals surface area (Å²) >= 11 is 0. The SMILES string of the molecule is CCC/C=C/C/C=C/C/C=C/C/C=C/CCCCCC(=O)OC[C@H](COP(=O)(O)OCCN)OC(=O)CCC/C=C/CC/C=C/CCCCCCCCCCCCCCCC. The fourth-order valence-electron chi connectivity index (χ4n) is 6.41. The van der Waals surface area contributed by atoms with E-state index in [0.29, 0.717) is 12.8 Å². The minimum Gasteiger partial charge on any atom is -0.462 e. The summed E-state index contributed by atoms with van der Waals surface area (Å²) in [7, 11) is -4.40. The molecule has 0 saturated carbocycles. The maximum Gasteiger partial charge on any atom is 0.472 e. The Morgan fingerprint density at radius 3 is 1.44 bits per heavy atom. The Balaban J connectivity index is 4.18. The van der Waals surface area contributed by atoms with Gasteiger partial charge in [0.2, 0.25) is 0 Å². The van der Waals surface area contributed by atoms with Gasteiger partial charge in [0, 0.05) is 19.4 Å². The van der Waals surface area contributed by atoms with Crippen molar-refractivity contribution in [2.45, 2.75) is 213 Å². The number of ether oxygens (including phenoxy) is 2. The molecule has 1 unspecified atom stereocenters. The number of hydrogen-bond acceptors (Lipinski definition) is 8. The Bertz CT molecular complexity index is 1230. The number of hydrogen-bond donors (Lipinski definition) is 2. The van der Waals surface area contributed by atoms with Gasteiger partial charge < -0.3 is 20.1 Å². The molecule has 0 aliphatic heterocycles. The van der Waals surface area contributed by atoms with Gasteiger partial charge in [0.1, 0.15) is 6.61 Å². The van der Waals surface area contributed by atoms with Gasteiger partial charge in [-0.25, -0.2) is 4.57 Å². The van der Waals surface area contributed by atoms with Crippen LogP contribution >= 0.6 is 7.82 Å². The topological polar surface area (TPSA) is 134 Å². The number of allylic oxidation sites excluding steroid dienone is 12. The van der Waals surface area contributed by atoms with Crippen molar-refractivity contribution < 1.29 is 37.6 Å². The Morgan fingerprint density at radius 1 is 0.492 bits per heavy atom. The van der Waals surface area contributed by atoms with Crippen LogP contribution in [0.2, 0.25) is 0 Å². The van der Waals surface area contributed by atoms with Crippen molar-refractivity contribution in [1.29, 1.82) is 0 Å². The molecule has 2 atom stereocenters. The first-order valence-electron chi connectivity index (χ1n) is 24.4. The predicted molar refractivity (Wildman–Crippen MR) is 256 cm³/mol. The van der Waals surface area contributed by atoms with Crippen LogP contribution < -0.4 is 5.73 Å². The highest BCUT2D eigenvalue weighted by molar-refractivity contribution is 7.47. The van der Waals surface area contributed by atoms with Crippen molar-refractivity contribution in [3.63, 3.8) is 0 Å². The summed E-state index contributed by atoms with van der Waals surface area (Å²) in [4.78, 5) is 34.9. The number of nitrogens with two attached hydrogens (primary N) is 1. The molecule has 0 heterocycles. The highest BCUT2D eigenvalue weighted by Crippen LogP contribution is 2.43. The Labute approximate surface area is 373 Å². The van der Waals surface area contributed by atoms with E-state index < -0.39 is 32.5 Å². The molecule has 0 saturated heterocycles. The molecule has 10 heteroatoms. The van der Waals surface area contributed by atoms with Crippen molar-refractivity contribution in [1.82, 2.24) is 0 Å². The van der Waals surface area contributed by atoms with Crippen LogP contribution in [0.1, 0.15) is 206 Å². The molecule has 0 fully saturated rings. The highest BCUT2D eigenvalue weighted by atomic mass is 31.2. The van der Waals surface area contributed by atoms with Gasteiger partial charge >= 0.3 is 19.8 Å². The molecule has 0 aliphatic carbocycles. The van der Waals surface area contributed by atoms with Gasteiger partial charge in [0.15, 0.2) is 6.10 Å². The fraction of sp³-hybridized carbons (Fsp3) is 0.725. The molecule has 3 N–H and O–H groups in total. The van der Waals surface area contributed by atoms with Gasteiger partial charge in [-0.1, -0.05) is 183 Å². The number of phosphoric ester groups is 1. The van der Waals surface area contributed by atoms with Crippen LogP contribution in [0.4, 0.5) is 0 Å². The summed E-state index contributed by atoms with van der Waals surface area (Å²) < 4.78 is 32.8. The smallest absolute Gasteiger partial charge is 0.462 e. The normalized spacial score (nSPS) is 13.8. The van der Waals surface area contributed by atoms with Gasteiger partial charge in [-0.3, -0.25) is 18.6 Å². The standard InChI is InChI=1S/C51H90NO8P/c1-3-5-7-9-11-13-15-17-19-21-22-23-24-25-26-28-30-32-34-36-38-40-42-44-51(54)60-49(48-59-61(55,56)58-46-45-52)47-57-50(53)43-41-39-37-35-33-31-29-27-20-18-16-14-12-10-8-6-4-2/h8,10,14,16,20,27-28,30-31,33,36,38,49H,3-7,9,11-13,15,17-19,21-26,29,32,34-35,37,39-48,52H2,1-2H3,(H,55,56)/b10-8+,16-14+,27-20+,30-28+,33-31+,38-36+/t49-/m1/s1. The summed E-state index contributed by atoms with van der Waals surface area (Å²) in [6, 6.07) is 0. The summed E-state index contributed by atoms with van der Waals surface area (Å²) in [5, 5.41) is 0. The third-order valence-corrected chi connectivity index (χ3v) is 11.0. The number of carbonyl (C=O) groups excluding carboxylic acids is 2. The van der Waals surface area contributed by atoms with Crippen LogP contribution in [-0.4, -0.2) is 49.3 Å². The molecule has 61 heavy (non-hydrogen) atoms. The number of esters is 2. The second kappa shape index (κ2) is 46.9. The largest absolute Gasteiger partial charge is 0.472 e. The quantitative estimate of drug-likeness (QED) is 0.0265. The fourth-order valence-corrected chi connectivity index (χ4v) is 7.18. The monoisotopic (exact) mass is 876 g/mol. The van der Waals surface area contributed by atoms with Crippen molar-refractivity contribution in [3.8, 4) is 0 Å². The number of carbonyl (C=O) groups is 2. The molecule has 0 bridgehead atoms. The van der Waals surface area contributed by atoms with Gasteiger partial charge in [-0.2, -0.15) is 0 Å². The van der Waals surface area contributed by atoms with E-state index in [2.05, 4.69) is 86.8 Å². The molecule has 0 spiro atoms. The van der Waals surface area contributed by atoms with Crippen LogP contribution in [0.5, 0.6) is 0 Å². The Hall–Kier alpha value is -2.55. The third kappa shape index (κ3) is 46.8. The second-order valence-electron chi connectivity index (χ2n) is 16.0. The summed E-state index contributed by atoms with van der Waals surface area (Å²) in [5.41, 5.74) is 5.35. The van der Waals surface area contributed by atoms with Crippen LogP contribution in [0.25, 0.3) is 0 Å². The van der Waals surface area contributed by atoms with Crippen LogP contribution in [0.15, 0.2) is 72.9 Å². The van der Waals surface area contributed by atoms with E-state index in [9.17, 15) is 19.0 Å². The molecular formula is C51H90NO8P. The van der Waals surface area contributed by atoms with E-state index >= 15 is 0 Å². The van der Waals surface area contributed by atoms with Crippen LogP contribution in [-0.2, 0) is 32.7 Å². The minimum atomic E-state index is -4.40. The van der Waals surface area contributed by atoms with Gasteiger partial charge in [0.25, 0.3) is 0 Å². The Kier molecular flexibility index (Phi) is 45.0. The number of phosphoric acid groups is 1. The lowest BCUT2D eigenvalue weighted by Crippen LogP contribution is -2.29. The zero-order chi connectivity index (χ0) is 44.6. The van der Waals surface area contributed by atoms with E-state index in [-0.39, 0.29) is 32.6 Å². The number of rotatable bonds is 45. The van der Waals surface area contributed by atoms with Gasteiger partial charge in [0.05, 0.1) is 13.2 Å². The van der Waals surface area contributed by atoms with E-state index in [1.807, 2.05) is 0 Å². The first-order valence-corrected chi connectivity index (χ1v) is 25.9. The lowest BCUT2D eigenvalue weighted by Gasteiger charge is -2.19. The molecule has 0 radical (unpaired) electrons. The zero-order valence-corrected chi connectivity index (χ0v) is 39.8. The average molecular weight is 876 g/mol. The lowest BCUT2D eigenvalue weighted by molar-refractivity contribution is -0.161. The second-order valence-corrected chi connectivity index (χ2v) is 17.4. The molecule has 0 aromatic heterocycles. The maximum atomic E-state index is 12.6. The molecular weight excluding hydrogens is 786 g/mol. The zero-order valence-electron chi connectivity index (χ0n) is 38.9. The minimum absolute atomic E-state index is 0.0398. The summed E-state index contributed by atoms with van der Waals surface area (Å²) in [5.74, 6) is -0.916. The molecule has 0 aromatic rings. The van der Waals surface area contributed by atoms with E-state index in [1.54, 1.807) is 0 Å². The average Bonchev–Trinajstić information content (AvgIpc) is 3.25. The molecule has 352 valence electrons. The first kappa shape index (κ1) is 58.5. The summed E-state index contributed by atoms with van der Waals surface area (Å²) in [6.45, 7) is 3.59. The molecule has 0 aromatic carbocycles. The predicted octanol–water partition coefficient (Wildman–Crippen LogP) is 14.6. The lowest BCUT2D eigenvalue weighted by atomic mass is 10.0. The highest BCUT2D eigenvalue weighted by Gasteiger charge is 2.26. The molecule has 0 amide bonds.